The first-order valence-electron chi connectivity index (χ1n) is 7.97. The van der Waals surface area contributed by atoms with Gasteiger partial charge < -0.3 is 9.88 Å². The zero-order valence-corrected chi connectivity index (χ0v) is 12.6. The van der Waals surface area contributed by atoms with Gasteiger partial charge in [0.05, 0.1) is 17.6 Å². The Morgan fingerprint density at radius 3 is 2.85 bits per heavy atom. The molecule has 1 aromatic carbocycles. The monoisotopic (exact) mass is 271 g/mol. The molecule has 0 spiro atoms. The van der Waals surface area contributed by atoms with E-state index in [2.05, 4.69) is 48.0 Å². The Labute approximate surface area is 121 Å². The van der Waals surface area contributed by atoms with Gasteiger partial charge in [0.15, 0.2) is 0 Å². The van der Waals surface area contributed by atoms with Crippen LogP contribution >= 0.6 is 0 Å². The normalized spacial score (nSPS) is 17.3. The number of fused-ring (bicyclic) bond motifs is 1. The Kier molecular flexibility index (Phi) is 4.06. The maximum atomic E-state index is 4.81. The predicted molar refractivity (Wildman–Crippen MR) is 83.7 cm³/mol. The lowest BCUT2D eigenvalue weighted by molar-refractivity contribution is 0.238. The molecule has 1 aliphatic carbocycles. The number of para-hydroxylation sites is 2. The summed E-state index contributed by atoms with van der Waals surface area (Å²) in [5.41, 5.74) is 2.39. The molecule has 2 aromatic rings. The third-order valence-electron chi connectivity index (χ3n) is 4.62. The Morgan fingerprint density at radius 1 is 1.35 bits per heavy atom. The molecule has 108 valence electrons. The van der Waals surface area contributed by atoms with Gasteiger partial charge >= 0.3 is 0 Å². The fourth-order valence-electron chi connectivity index (χ4n) is 3.09. The molecule has 1 aromatic heterocycles. The van der Waals surface area contributed by atoms with Crippen molar-refractivity contribution in [1.82, 2.24) is 14.9 Å². The summed E-state index contributed by atoms with van der Waals surface area (Å²) >= 11 is 0. The van der Waals surface area contributed by atoms with Crippen molar-refractivity contribution in [3.05, 3.63) is 30.1 Å². The van der Waals surface area contributed by atoms with E-state index < -0.39 is 0 Å². The van der Waals surface area contributed by atoms with Crippen LogP contribution in [-0.2, 0) is 13.1 Å². The molecular weight excluding hydrogens is 246 g/mol. The van der Waals surface area contributed by atoms with Crippen LogP contribution in [0.25, 0.3) is 11.0 Å². The fourth-order valence-corrected chi connectivity index (χ4v) is 3.09. The van der Waals surface area contributed by atoms with Crippen LogP contribution in [0.15, 0.2) is 24.3 Å². The lowest BCUT2D eigenvalue weighted by Gasteiger charge is -2.32. The van der Waals surface area contributed by atoms with E-state index >= 15 is 0 Å². The molecule has 0 radical (unpaired) electrons. The summed E-state index contributed by atoms with van der Waals surface area (Å²) in [7, 11) is 0. The molecule has 0 amide bonds. The highest BCUT2D eigenvalue weighted by molar-refractivity contribution is 5.75. The van der Waals surface area contributed by atoms with Crippen LogP contribution in [0.5, 0.6) is 0 Å². The van der Waals surface area contributed by atoms with Gasteiger partial charge in [-0.2, -0.15) is 0 Å². The molecule has 1 fully saturated rings. The van der Waals surface area contributed by atoms with Gasteiger partial charge in [-0.15, -0.1) is 0 Å². The molecule has 3 rings (SSSR count). The summed E-state index contributed by atoms with van der Waals surface area (Å²) in [4.78, 5) is 4.81. The predicted octanol–water partition coefficient (Wildman–Crippen LogP) is 3.72. The summed E-state index contributed by atoms with van der Waals surface area (Å²) in [5.74, 6) is 2.05. The van der Waals surface area contributed by atoms with Crippen molar-refractivity contribution in [1.29, 1.82) is 0 Å². The topological polar surface area (TPSA) is 29.9 Å². The fraction of sp³-hybridized carbons (Fsp3) is 0.588. The molecule has 1 unspecified atom stereocenters. The minimum atomic E-state index is 0.610. The molecule has 0 saturated heterocycles. The number of hydrogen-bond acceptors (Lipinski definition) is 2. The summed E-state index contributed by atoms with van der Waals surface area (Å²) in [6, 6.07) is 9.07. The largest absolute Gasteiger partial charge is 0.327 e. The zero-order chi connectivity index (χ0) is 13.9. The van der Waals surface area contributed by atoms with Gasteiger partial charge in [-0.05, 0) is 44.2 Å². The first kappa shape index (κ1) is 13.6. The SMILES string of the molecule is CCCn1c(CNC(C)C2CCC2)nc2ccccc21. The van der Waals surface area contributed by atoms with E-state index in [0.29, 0.717) is 6.04 Å². The summed E-state index contributed by atoms with van der Waals surface area (Å²) in [6.07, 6.45) is 5.33. The minimum Gasteiger partial charge on any atom is -0.327 e. The van der Waals surface area contributed by atoms with Gasteiger partial charge in [0.2, 0.25) is 0 Å². The van der Waals surface area contributed by atoms with Gasteiger partial charge in [-0.3, -0.25) is 0 Å². The van der Waals surface area contributed by atoms with Crippen LogP contribution in [0.4, 0.5) is 0 Å². The van der Waals surface area contributed by atoms with Gasteiger partial charge in [-0.1, -0.05) is 25.5 Å². The van der Waals surface area contributed by atoms with Crippen molar-refractivity contribution in [2.24, 2.45) is 5.92 Å². The first-order valence-corrected chi connectivity index (χ1v) is 7.97. The van der Waals surface area contributed by atoms with Crippen LogP contribution in [-0.4, -0.2) is 15.6 Å². The molecule has 1 N–H and O–H groups in total. The Hall–Kier alpha value is -1.35. The molecule has 1 atom stereocenters. The van der Waals surface area contributed by atoms with Gasteiger partial charge in [0.1, 0.15) is 5.82 Å². The van der Waals surface area contributed by atoms with Crippen LogP contribution < -0.4 is 5.32 Å². The maximum absolute atomic E-state index is 4.81. The average molecular weight is 271 g/mol. The van der Waals surface area contributed by atoms with Gasteiger partial charge in [-0.25, -0.2) is 4.98 Å². The lowest BCUT2D eigenvalue weighted by Crippen LogP contribution is -2.37. The van der Waals surface area contributed by atoms with Crippen LogP contribution in [0.1, 0.15) is 45.4 Å². The number of benzene rings is 1. The summed E-state index contributed by atoms with van der Waals surface area (Å²) < 4.78 is 2.37. The van der Waals surface area contributed by atoms with Crippen molar-refractivity contribution < 1.29 is 0 Å². The summed E-state index contributed by atoms with van der Waals surface area (Å²) in [5, 5.41) is 3.68. The number of nitrogens with one attached hydrogen (secondary N) is 1. The van der Waals surface area contributed by atoms with Crippen molar-refractivity contribution >= 4 is 11.0 Å². The highest BCUT2D eigenvalue weighted by atomic mass is 15.1. The Balaban J connectivity index is 1.77. The molecule has 1 heterocycles. The van der Waals surface area contributed by atoms with Crippen LogP contribution in [0, 0.1) is 5.92 Å². The smallest absolute Gasteiger partial charge is 0.123 e. The van der Waals surface area contributed by atoms with E-state index in [0.717, 1.165) is 30.9 Å². The molecule has 1 aliphatic rings. The molecular formula is C17H25N3. The first-order chi connectivity index (χ1) is 9.79. The van der Waals surface area contributed by atoms with E-state index in [9.17, 15) is 0 Å². The van der Waals surface area contributed by atoms with Gasteiger partial charge in [0.25, 0.3) is 0 Å². The molecule has 20 heavy (non-hydrogen) atoms. The molecule has 1 saturated carbocycles. The van der Waals surface area contributed by atoms with Crippen LogP contribution in [0.3, 0.4) is 0 Å². The van der Waals surface area contributed by atoms with E-state index in [1.54, 1.807) is 0 Å². The van der Waals surface area contributed by atoms with Crippen LogP contribution in [0.2, 0.25) is 0 Å². The highest BCUT2D eigenvalue weighted by Gasteiger charge is 2.23. The molecule has 0 bridgehead atoms. The Morgan fingerprint density at radius 2 is 2.15 bits per heavy atom. The van der Waals surface area contributed by atoms with E-state index in [-0.39, 0.29) is 0 Å². The van der Waals surface area contributed by atoms with Crippen molar-refractivity contribution in [3.63, 3.8) is 0 Å². The van der Waals surface area contributed by atoms with E-state index in [4.69, 9.17) is 4.98 Å². The number of aromatic nitrogens is 2. The quantitative estimate of drug-likeness (QED) is 0.867. The standard InChI is InChI=1S/C17H25N3/c1-3-11-20-16-10-5-4-9-15(16)19-17(20)12-18-13(2)14-7-6-8-14/h4-5,9-10,13-14,18H,3,6-8,11-12H2,1-2H3. The van der Waals surface area contributed by atoms with Crippen molar-refractivity contribution in [2.45, 2.75) is 58.7 Å². The van der Waals surface area contributed by atoms with E-state index in [1.807, 2.05) is 0 Å². The number of hydrogen-bond donors (Lipinski definition) is 1. The number of nitrogens with zero attached hydrogens (tertiary/aromatic N) is 2. The second kappa shape index (κ2) is 5.96. The molecule has 3 nitrogen and oxygen atoms in total. The van der Waals surface area contributed by atoms with Crippen molar-refractivity contribution in [3.8, 4) is 0 Å². The highest BCUT2D eigenvalue weighted by Crippen LogP contribution is 2.29. The number of imidazole rings is 1. The Bertz CT molecular complexity index is 569. The number of rotatable bonds is 6. The maximum Gasteiger partial charge on any atom is 0.123 e. The second-order valence-electron chi connectivity index (χ2n) is 6.03. The van der Waals surface area contributed by atoms with Crippen molar-refractivity contribution in [2.75, 3.05) is 0 Å². The average Bonchev–Trinajstić information content (AvgIpc) is 2.73. The third kappa shape index (κ3) is 2.59. The minimum absolute atomic E-state index is 0.610. The summed E-state index contributed by atoms with van der Waals surface area (Å²) in [6.45, 7) is 6.47. The second-order valence-corrected chi connectivity index (χ2v) is 6.03. The number of aryl methyl sites for hydroxylation is 1. The zero-order valence-electron chi connectivity index (χ0n) is 12.6. The molecule has 3 heteroatoms. The van der Waals surface area contributed by atoms with Gasteiger partial charge in [0, 0.05) is 12.6 Å². The third-order valence-corrected chi connectivity index (χ3v) is 4.62. The molecule has 0 aliphatic heterocycles. The van der Waals surface area contributed by atoms with E-state index in [1.165, 1.54) is 30.6 Å². The lowest BCUT2D eigenvalue weighted by atomic mass is 9.80.